The molecule has 1 aromatic rings. The van der Waals surface area contributed by atoms with E-state index >= 15 is 0 Å². The monoisotopic (exact) mass is 210 g/mol. The van der Waals surface area contributed by atoms with Crippen LogP contribution in [-0.4, -0.2) is 5.11 Å². The lowest BCUT2D eigenvalue weighted by Gasteiger charge is -2.20. The Morgan fingerprint density at radius 3 is 2.21 bits per heavy atom. The summed E-state index contributed by atoms with van der Waals surface area (Å²) < 4.78 is 0. The van der Waals surface area contributed by atoms with Crippen LogP contribution in [0.5, 0.6) is 0 Å². The van der Waals surface area contributed by atoms with E-state index in [4.69, 9.17) is 11.6 Å². The molecule has 1 rings (SSSR count). The second kappa shape index (κ2) is 4.16. The average molecular weight is 211 g/mol. The van der Waals surface area contributed by atoms with Gasteiger partial charge in [0.15, 0.2) is 0 Å². The fourth-order valence-electron chi connectivity index (χ4n) is 1.43. The van der Waals surface area contributed by atoms with E-state index in [1.807, 2.05) is 32.1 Å². The standard InChI is InChI=1S/C12H15ClO/c1-9(2)8-12(3,14)10-4-6-11(13)7-5-10/h4-8,14H,1-3H3. The highest BCUT2D eigenvalue weighted by atomic mass is 35.5. The molecule has 0 amide bonds. The molecule has 0 fully saturated rings. The minimum atomic E-state index is -0.913. The quantitative estimate of drug-likeness (QED) is 0.741. The average Bonchev–Trinajstić information content (AvgIpc) is 2.02. The fourth-order valence-corrected chi connectivity index (χ4v) is 1.56. The van der Waals surface area contributed by atoms with Crippen molar-refractivity contribution < 1.29 is 5.11 Å². The smallest absolute Gasteiger partial charge is 0.105 e. The van der Waals surface area contributed by atoms with Crippen molar-refractivity contribution in [2.24, 2.45) is 0 Å². The molecule has 0 aliphatic rings. The van der Waals surface area contributed by atoms with E-state index in [-0.39, 0.29) is 0 Å². The number of allylic oxidation sites excluding steroid dienone is 1. The Morgan fingerprint density at radius 2 is 1.79 bits per heavy atom. The summed E-state index contributed by atoms with van der Waals surface area (Å²) in [4.78, 5) is 0. The normalized spacial score (nSPS) is 14.6. The van der Waals surface area contributed by atoms with E-state index in [1.165, 1.54) is 0 Å². The van der Waals surface area contributed by atoms with E-state index in [0.29, 0.717) is 5.02 Å². The van der Waals surface area contributed by atoms with Gasteiger partial charge in [0.25, 0.3) is 0 Å². The largest absolute Gasteiger partial charge is 0.381 e. The molecule has 0 radical (unpaired) electrons. The van der Waals surface area contributed by atoms with E-state index < -0.39 is 5.60 Å². The van der Waals surface area contributed by atoms with Gasteiger partial charge in [0, 0.05) is 5.02 Å². The molecule has 0 bridgehead atoms. The van der Waals surface area contributed by atoms with Crippen molar-refractivity contribution in [3.05, 3.63) is 46.5 Å². The Bertz CT molecular complexity index is 332. The van der Waals surface area contributed by atoms with Gasteiger partial charge < -0.3 is 5.11 Å². The van der Waals surface area contributed by atoms with Crippen LogP contribution in [0.2, 0.25) is 5.02 Å². The zero-order chi connectivity index (χ0) is 10.8. The zero-order valence-corrected chi connectivity index (χ0v) is 9.47. The van der Waals surface area contributed by atoms with Gasteiger partial charge in [-0.2, -0.15) is 0 Å². The van der Waals surface area contributed by atoms with E-state index in [1.54, 1.807) is 19.1 Å². The van der Waals surface area contributed by atoms with Crippen LogP contribution in [0.25, 0.3) is 0 Å². The number of rotatable bonds is 2. The first-order valence-corrected chi connectivity index (χ1v) is 4.94. The van der Waals surface area contributed by atoms with Gasteiger partial charge in [0.05, 0.1) is 0 Å². The van der Waals surface area contributed by atoms with Gasteiger partial charge in [-0.25, -0.2) is 0 Å². The number of halogens is 1. The van der Waals surface area contributed by atoms with Crippen molar-refractivity contribution in [1.82, 2.24) is 0 Å². The third-order valence-electron chi connectivity index (χ3n) is 2.00. The van der Waals surface area contributed by atoms with E-state index in [0.717, 1.165) is 11.1 Å². The molecule has 2 heteroatoms. The van der Waals surface area contributed by atoms with Crippen LogP contribution in [0.15, 0.2) is 35.9 Å². The first kappa shape index (κ1) is 11.3. The van der Waals surface area contributed by atoms with Crippen molar-refractivity contribution >= 4 is 11.6 Å². The molecule has 0 heterocycles. The van der Waals surface area contributed by atoms with Gasteiger partial charge in [-0.15, -0.1) is 0 Å². The van der Waals surface area contributed by atoms with Crippen LogP contribution < -0.4 is 0 Å². The second-order valence-corrected chi connectivity index (χ2v) is 4.31. The summed E-state index contributed by atoms with van der Waals surface area (Å²) in [6.45, 7) is 5.69. The maximum atomic E-state index is 10.1. The molecule has 0 saturated heterocycles. The zero-order valence-electron chi connectivity index (χ0n) is 8.71. The topological polar surface area (TPSA) is 20.2 Å². The number of hydrogen-bond donors (Lipinski definition) is 1. The van der Waals surface area contributed by atoms with Crippen LogP contribution >= 0.6 is 11.6 Å². The van der Waals surface area contributed by atoms with Crippen LogP contribution in [0.1, 0.15) is 26.3 Å². The van der Waals surface area contributed by atoms with Gasteiger partial charge in [-0.05, 0) is 38.5 Å². The predicted molar refractivity (Wildman–Crippen MR) is 60.5 cm³/mol. The minimum absolute atomic E-state index is 0.682. The Kier molecular flexibility index (Phi) is 3.35. The lowest BCUT2D eigenvalue weighted by Crippen LogP contribution is -2.17. The molecular weight excluding hydrogens is 196 g/mol. The van der Waals surface area contributed by atoms with Crippen LogP contribution in [-0.2, 0) is 5.60 Å². The van der Waals surface area contributed by atoms with Crippen molar-refractivity contribution in [2.75, 3.05) is 0 Å². The Balaban J connectivity index is 3.04. The van der Waals surface area contributed by atoms with Crippen molar-refractivity contribution in [3.63, 3.8) is 0 Å². The first-order chi connectivity index (χ1) is 6.42. The summed E-state index contributed by atoms with van der Waals surface area (Å²) in [6, 6.07) is 7.23. The van der Waals surface area contributed by atoms with Gasteiger partial charge >= 0.3 is 0 Å². The molecule has 0 aliphatic heterocycles. The minimum Gasteiger partial charge on any atom is -0.381 e. The third-order valence-corrected chi connectivity index (χ3v) is 2.25. The maximum Gasteiger partial charge on any atom is 0.105 e. The van der Waals surface area contributed by atoms with Gasteiger partial charge in [-0.1, -0.05) is 35.4 Å². The molecule has 0 aromatic heterocycles. The highest BCUT2D eigenvalue weighted by molar-refractivity contribution is 6.30. The SMILES string of the molecule is CC(C)=CC(C)(O)c1ccc(Cl)cc1. The summed E-state index contributed by atoms with van der Waals surface area (Å²) in [6.07, 6.45) is 1.83. The molecular formula is C12H15ClO. The third kappa shape index (κ3) is 2.86. The summed E-state index contributed by atoms with van der Waals surface area (Å²) in [5, 5.41) is 10.8. The molecule has 1 nitrogen and oxygen atoms in total. The first-order valence-electron chi connectivity index (χ1n) is 4.56. The molecule has 0 spiro atoms. The Hall–Kier alpha value is -0.790. The summed E-state index contributed by atoms with van der Waals surface area (Å²) in [5.74, 6) is 0. The van der Waals surface area contributed by atoms with Gasteiger partial charge in [0.2, 0.25) is 0 Å². The second-order valence-electron chi connectivity index (χ2n) is 3.88. The van der Waals surface area contributed by atoms with Gasteiger partial charge in [0.1, 0.15) is 5.60 Å². The number of hydrogen-bond acceptors (Lipinski definition) is 1. The lowest BCUT2D eigenvalue weighted by atomic mass is 9.94. The van der Waals surface area contributed by atoms with E-state index in [2.05, 4.69) is 0 Å². The molecule has 1 unspecified atom stereocenters. The lowest BCUT2D eigenvalue weighted by molar-refractivity contribution is 0.110. The predicted octanol–water partition coefficient (Wildman–Crippen LogP) is 3.51. The number of aliphatic hydroxyl groups is 1. The van der Waals surface area contributed by atoms with Crippen molar-refractivity contribution in [3.8, 4) is 0 Å². The molecule has 0 saturated carbocycles. The van der Waals surface area contributed by atoms with E-state index in [9.17, 15) is 5.11 Å². The van der Waals surface area contributed by atoms with Gasteiger partial charge in [-0.3, -0.25) is 0 Å². The highest BCUT2D eigenvalue weighted by Gasteiger charge is 2.19. The summed E-state index contributed by atoms with van der Waals surface area (Å²) >= 11 is 5.77. The molecule has 0 aliphatic carbocycles. The van der Waals surface area contributed by atoms with Crippen molar-refractivity contribution in [1.29, 1.82) is 0 Å². The molecule has 1 aromatic carbocycles. The Labute approximate surface area is 90.0 Å². The molecule has 1 atom stereocenters. The molecule has 14 heavy (non-hydrogen) atoms. The fraction of sp³-hybridized carbons (Fsp3) is 0.333. The van der Waals surface area contributed by atoms with Crippen LogP contribution in [0.4, 0.5) is 0 Å². The highest BCUT2D eigenvalue weighted by Crippen LogP contribution is 2.24. The molecule has 1 N–H and O–H groups in total. The summed E-state index contributed by atoms with van der Waals surface area (Å²) in [5.41, 5.74) is 1.02. The Morgan fingerprint density at radius 1 is 1.29 bits per heavy atom. The molecule has 76 valence electrons. The number of benzene rings is 1. The van der Waals surface area contributed by atoms with Crippen molar-refractivity contribution in [2.45, 2.75) is 26.4 Å². The van der Waals surface area contributed by atoms with Crippen LogP contribution in [0, 0.1) is 0 Å². The summed E-state index contributed by atoms with van der Waals surface area (Å²) in [7, 11) is 0. The van der Waals surface area contributed by atoms with Crippen LogP contribution in [0.3, 0.4) is 0 Å². The maximum absolute atomic E-state index is 10.1.